The molecule has 0 radical (unpaired) electrons. The second-order valence-electron chi connectivity index (χ2n) is 7.23. The number of anilines is 1. The topological polar surface area (TPSA) is 63.4 Å². The summed E-state index contributed by atoms with van der Waals surface area (Å²) < 4.78 is 6.96. The number of hydrogen-bond donors (Lipinski definition) is 0. The molecule has 1 amide bonds. The van der Waals surface area contributed by atoms with Gasteiger partial charge in [-0.15, -0.1) is 11.3 Å². The number of amides is 1. The molecule has 0 spiro atoms. The number of benzene rings is 2. The highest BCUT2D eigenvalue weighted by Gasteiger charge is 2.45. The van der Waals surface area contributed by atoms with Crippen molar-refractivity contribution in [3.63, 3.8) is 0 Å². The van der Waals surface area contributed by atoms with Crippen LogP contribution in [0.3, 0.4) is 0 Å². The van der Waals surface area contributed by atoms with Crippen molar-refractivity contribution in [3.05, 3.63) is 92.0 Å². The third-order valence-electron chi connectivity index (χ3n) is 5.33. The van der Waals surface area contributed by atoms with Gasteiger partial charge >= 0.3 is 0 Å². The molecule has 1 atom stereocenters. The van der Waals surface area contributed by atoms with Crippen molar-refractivity contribution in [3.8, 4) is 0 Å². The Balaban J connectivity index is 1.64. The Hall–Kier alpha value is -3.29. The number of thiazole rings is 1. The van der Waals surface area contributed by atoms with Gasteiger partial charge in [0, 0.05) is 4.88 Å². The fourth-order valence-electron chi connectivity index (χ4n) is 3.96. The predicted octanol–water partition coefficient (Wildman–Crippen LogP) is 5.52. The largest absolute Gasteiger partial charge is 0.450 e. The average molecular weight is 431 g/mol. The molecule has 30 heavy (non-hydrogen) atoms. The molecule has 7 heteroatoms. The third-order valence-corrected chi connectivity index (χ3v) is 7.27. The lowest BCUT2D eigenvalue weighted by atomic mass is 10.0. The average Bonchev–Trinajstić information content (AvgIpc) is 3.46. The normalized spacial score (nSPS) is 16.0. The molecule has 0 unspecified atom stereocenters. The number of thiophene rings is 1. The standard InChI is InChI=1S/C23H14N2O3S2/c1-12-8-9-14-17(11-12)30-23(24-14)25-19(16-7-4-10-29-16)18-20(26)13-5-2-3-6-15(13)28-21(18)22(25)27/h2-11,19H,1H3/t19-/m1/s1. The summed E-state index contributed by atoms with van der Waals surface area (Å²) >= 11 is 2.96. The van der Waals surface area contributed by atoms with Crippen LogP contribution in [0.2, 0.25) is 0 Å². The number of aryl methyl sites for hydroxylation is 1. The number of carbonyl (C=O) groups excluding carboxylic acids is 1. The highest BCUT2D eigenvalue weighted by molar-refractivity contribution is 7.22. The molecule has 0 aliphatic carbocycles. The van der Waals surface area contributed by atoms with Gasteiger partial charge in [-0.2, -0.15) is 0 Å². The number of aromatic nitrogens is 1. The lowest BCUT2D eigenvalue weighted by Crippen LogP contribution is -2.28. The number of nitrogens with zero attached hydrogens (tertiary/aromatic N) is 2. The minimum absolute atomic E-state index is 0.104. The van der Waals surface area contributed by atoms with Crippen LogP contribution in [0.15, 0.2) is 69.2 Å². The molecule has 0 bridgehead atoms. The number of hydrogen-bond acceptors (Lipinski definition) is 6. The van der Waals surface area contributed by atoms with E-state index in [0.717, 1.165) is 20.7 Å². The van der Waals surface area contributed by atoms with Gasteiger partial charge in [0.2, 0.25) is 5.76 Å². The highest BCUT2D eigenvalue weighted by atomic mass is 32.1. The molecule has 0 saturated heterocycles. The van der Waals surface area contributed by atoms with Crippen molar-refractivity contribution in [2.75, 3.05) is 4.90 Å². The first-order valence-corrected chi connectivity index (χ1v) is 11.1. The molecular formula is C23H14N2O3S2. The Morgan fingerprint density at radius 1 is 1.07 bits per heavy atom. The fraction of sp³-hybridized carbons (Fsp3) is 0.0870. The Morgan fingerprint density at radius 2 is 1.93 bits per heavy atom. The smallest absolute Gasteiger partial charge is 0.297 e. The highest BCUT2D eigenvalue weighted by Crippen LogP contribution is 2.44. The molecule has 146 valence electrons. The van der Waals surface area contributed by atoms with Crippen LogP contribution in [0, 0.1) is 6.92 Å². The monoisotopic (exact) mass is 430 g/mol. The van der Waals surface area contributed by atoms with E-state index in [0.29, 0.717) is 21.7 Å². The molecule has 2 aromatic carbocycles. The summed E-state index contributed by atoms with van der Waals surface area (Å²) in [5, 5.41) is 2.99. The minimum Gasteiger partial charge on any atom is -0.450 e. The van der Waals surface area contributed by atoms with E-state index in [2.05, 4.69) is 6.07 Å². The molecule has 6 rings (SSSR count). The number of carbonyl (C=O) groups is 1. The van der Waals surface area contributed by atoms with Crippen LogP contribution >= 0.6 is 22.7 Å². The molecule has 5 aromatic rings. The number of rotatable bonds is 2. The summed E-state index contributed by atoms with van der Waals surface area (Å²) in [5.74, 6) is -0.227. The zero-order chi connectivity index (χ0) is 20.4. The lowest BCUT2D eigenvalue weighted by molar-refractivity contribution is 0.0971. The van der Waals surface area contributed by atoms with E-state index in [1.165, 1.54) is 22.7 Å². The first-order chi connectivity index (χ1) is 14.6. The van der Waals surface area contributed by atoms with E-state index in [9.17, 15) is 9.59 Å². The van der Waals surface area contributed by atoms with E-state index in [-0.39, 0.29) is 17.1 Å². The molecule has 5 nitrogen and oxygen atoms in total. The van der Waals surface area contributed by atoms with Gasteiger partial charge in [-0.05, 0) is 48.2 Å². The van der Waals surface area contributed by atoms with Crippen LogP contribution in [0.25, 0.3) is 21.2 Å². The van der Waals surface area contributed by atoms with Crippen molar-refractivity contribution in [2.45, 2.75) is 13.0 Å². The van der Waals surface area contributed by atoms with Gasteiger partial charge in [0.25, 0.3) is 5.91 Å². The zero-order valence-electron chi connectivity index (χ0n) is 15.8. The number of fused-ring (bicyclic) bond motifs is 3. The first kappa shape index (κ1) is 17.6. The molecule has 0 saturated carbocycles. The SMILES string of the molecule is Cc1ccc2nc(N3C(=O)c4oc5ccccc5c(=O)c4[C@H]3c3cccs3)sc2c1. The maximum atomic E-state index is 13.5. The van der Waals surface area contributed by atoms with Crippen molar-refractivity contribution in [2.24, 2.45) is 0 Å². The predicted molar refractivity (Wildman–Crippen MR) is 120 cm³/mol. The summed E-state index contributed by atoms with van der Waals surface area (Å²) in [5.41, 5.74) is 2.60. The van der Waals surface area contributed by atoms with Gasteiger partial charge in [-0.1, -0.05) is 35.6 Å². The lowest BCUT2D eigenvalue weighted by Gasteiger charge is -2.20. The van der Waals surface area contributed by atoms with Gasteiger partial charge in [0.1, 0.15) is 11.6 Å². The molecule has 0 N–H and O–H groups in total. The minimum atomic E-state index is -0.546. The Morgan fingerprint density at radius 3 is 2.77 bits per heavy atom. The van der Waals surface area contributed by atoms with E-state index in [1.54, 1.807) is 29.2 Å². The summed E-state index contributed by atoms with van der Waals surface area (Å²) in [4.78, 5) is 34.1. The maximum absolute atomic E-state index is 13.5. The zero-order valence-corrected chi connectivity index (χ0v) is 17.4. The van der Waals surface area contributed by atoms with Gasteiger partial charge in [-0.25, -0.2) is 4.98 Å². The molecule has 1 aliphatic rings. The van der Waals surface area contributed by atoms with Gasteiger partial charge in [0.15, 0.2) is 10.6 Å². The van der Waals surface area contributed by atoms with Crippen LogP contribution in [-0.2, 0) is 0 Å². The number of para-hydroxylation sites is 1. The molecule has 1 aliphatic heterocycles. The quantitative estimate of drug-likeness (QED) is 0.370. The summed E-state index contributed by atoms with van der Waals surface area (Å²) in [7, 11) is 0. The van der Waals surface area contributed by atoms with Gasteiger partial charge in [0.05, 0.1) is 21.2 Å². The maximum Gasteiger partial charge on any atom is 0.297 e. The van der Waals surface area contributed by atoms with Crippen molar-refractivity contribution in [1.82, 2.24) is 4.98 Å². The van der Waals surface area contributed by atoms with E-state index in [1.807, 2.05) is 36.6 Å². The molecule has 4 heterocycles. The van der Waals surface area contributed by atoms with Crippen molar-refractivity contribution < 1.29 is 9.21 Å². The Kier molecular flexibility index (Phi) is 3.72. The van der Waals surface area contributed by atoms with Crippen molar-refractivity contribution >= 4 is 54.9 Å². The molecule has 3 aromatic heterocycles. The van der Waals surface area contributed by atoms with E-state index >= 15 is 0 Å². The second kappa shape index (κ2) is 6.35. The third kappa shape index (κ3) is 2.42. The van der Waals surface area contributed by atoms with E-state index in [4.69, 9.17) is 9.40 Å². The summed E-state index contributed by atoms with van der Waals surface area (Å²) in [6.07, 6.45) is 0. The summed E-state index contributed by atoms with van der Waals surface area (Å²) in [6, 6.07) is 16.4. The first-order valence-electron chi connectivity index (χ1n) is 9.42. The molecule has 0 fully saturated rings. The second-order valence-corrected chi connectivity index (χ2v) is 9.22. The van der Waals surface area contributed by atoms with Crippen LogP contribution in [0.1, 0.15) is 32.6 Å². The van der Waals surface area contributed by atoms with Crippen molar-refractivity contribution in [1.29, 1.82) is 0 Å². The van der Waals surface area contributed by atoms with Gasteiger partial charge < -0.3 is 4.42 Å². The van der Waals surface area contributed by atoms with Crippen LogP contribution in [0.4, 0.5) is 5.13 Å². The van der Waals surface area contributed by atoms with Crippen LogP contribution in [0.5, 0.6) is 0 Å². The Bertz CT molecular complexity index is 1520. The Labute approximate surface area is 178 Å². The molecular weight excluding hydrogens is 416 g/mol. The van der Waals surface area contributed by atoms with Gasteiger partial charge in [-0.3, -0.25) is 14.5 Å². The fourth-order valence-corrected chi connectivity index (χ4v) is 5.87. The van der Waals surface area contributed by atoms with E-state index < -0.39 is 6.04 Å². The van der Waals surface area contributed by atoms with Crippen LogP contribution in [-0.4, -0.2) is 10.9 Å². The van der Waals surface area contributed by atoms with Crippen LogP contribution < -0.4 is 10.3 Å². The summed E-state index contributed by atoms with van der Waals surface area (Å²) in [6.45, 7) is 2.03.